The third kappa shape index (κ3) is 1.97. The van der Waals surface area contributed by atoms with Crippen molar-refractivity contribution < 1.29 is 4.74 Å². The summed E-state index contributed by atoms with van der Waals surface area (Å²) in [6.45, 7) is 4.14. The first-order chi connectivity index (χ1) is 9.19. The summed E-state index contributed by atoms with van der Waals surface area (Å²) in [6.07, 6.45) is 4.06. The molecule has 0 N–H and O–H groups in total. The van der Waals surface area contributed by atoms with Crippen LogP contribution in [-0.4, -0.2) is 16.5 Å². The number of aryl methyl sites for hydroxylation is 2. The molecule has 0 spiro atoms. The van der Waals surface area contributed by atoms with Crippen LogP contribution in [0.2, 0.25) is 0 Å². The molecule has 1 aromatic carbocycles. The van der Waals surface area contributed by atoms with Crippen LogP contribution in [0.5, 0.6) is 5.75 Å². The van der Waals surface area contributed by atoms with E-state index in [1.807, 2.05) is 35.0 Å². The number of benzene rings is 1. The van der Waals surface area contributed by atoms with Gasteiger partial charge in [0.2, 0.25) is 0 Å². The summed E-state index contributed by atoms with van der Waals surface area (Å²) in [6, 6.07) is 10.2. The molecule has 0 aliphatic heterocycles. The van der Waals surface area contributed by atoms with Crippen LogP contribution in [0.4, 0.5) is 0 Å². The molecule has 0 fully saturated rings. The number of pyridine rings is 1. The molecule has 3 rings (SSSR count). The van der Waals surface area contributed by atoms with Crippen LogP contribution in [0.15, 0.2) is 42.7 Å². The second-order valence-corrected chi connectivity index (χ2v) is 4.75. The molecule has 0 aliphatic carbocycles. The van der Waals surface area contributed by atoms with Gasteiger partial charge in [-0.05, 0) is 37.6 Å². The fraction of sp³-hybridized carbons (Fsp3) is 0.188. The second-order valence-electron chi connectivity index (χ2n) is 4.75. The molecule has 2 heterocycles. The monoisotopic (exact) mass is 252 g/mol. The lowest BCUT2D eigenvalue weighted by Crippen LogP contribution is -1.88. The molecular weight excluding hydrogens is 236 g/mol. The molecule has 0 saturated carbocycles. The summed E-state index contributed by atoms with van der Waals surface area (Å²) in [5.41, 5.74) is 5.33. The summed E-state index contributed by atoms with van der Waals surface area (Å²) < 4.78 is 7.48. The number of nitrogens with zero attached hydrogens (tertiary/aromatic N) is 2. The Labute approximate surface area is 112 Å². The highest BCUT2D eigenvalue weighted by molar-refractivity contribution is 5.70. The Morgan fingerprint density at radius 2 is 2.00 bits per heavy atom. The largest absolute Gasteiger partial charge is 0.496 e. The van der Waals surface area contributed by atoms with Crippen LogP contribution in [0.1, 0.15) is 11.1 Å². The minimum Gasteiger partial charge on any atom is -0.496 e. The van der Waals surface area contributed by atoms with E-state index in [4.69, 9.17) is 9.72 Å². The molecule has 2 aromatic heterocycles. The first kappa shape index (κ1) is 11.8. The highest BCUT2D eigenvalue weighted by atomic mass is 16.5. The standard InChI is InChI=1S/C16H16N2O/c1-11-6-7-15(19-3)13(9-11)14-10-18-8-4-5-12(2)16(18)17-14/h4-10H,1-3H3. The topological polar surface area (TPSA) is 26.5 Å². The van der Waals surface area contributed by atoms with E-state index in [2.05, 4.69) is 26.0 Å². The highest BCUT2D eigenvalue weighted by Crippen LogP contribution is 2.30. The zero-order valence-electron chi connectivity index (χ0n) is 11.3. The average Bonchev–Trinajstić information content (AvgIpc) is 2.84. The van der Waals surface area contributed by atoms with E-state index in [-0.39, 0.29) is 0 Å². The van der Waals surface area contributed by atoms with E-state index in [0.29, 0.717) is 0 Å². The summed E-state index contributed by atoms with van der Waals surface area (Å²) in [7, 11) is 1.69. The van der Waals surface area contributed by atoms with Gasteiger partial charge in [0.1, 0.15) is 11.4 Å². The van der Waals surface area contributed by atoms with Crippen LogP contribution in [0.25, 0.3) is 16.9 Å². The molecule has 0 saturated heterocycles. The Bertz CT molecular complexity index is 744. The van der Waals surface area contributed by atoms with Crippen molar-refractivity contribution in [1.82, 2.24) is 9.38 Å². The number of rotatable bonds is 2. The third-order valence-corrected chi connectivity index (χ3v) is 3.31. The Balaban J connectivity index is 2.24. The van der Waals surface area contributed by atoms with Gasteiger partial charge in [0.05, 0.1) is 12.8 Å². The number of fused-ring (bicyclic) bond motifs is 1. The molecule has 0 amide bonds. The van der Waals surface area contributed by atoms with Crippen LogP contribution in [0.3, 0.4) is 0 Å². The van der Waals surface area contributed by atoms with E-state index in [0.717, 1.165) is 22.7 Å². The maximum atomic E-state index is 5.43. The molecule has 0 radical (unpaired) electrons. The van der Waals surface area contributed by atoms with E-state index in [9.17, 15) is 0 Å². The number of aromatic nitrogens is 2. The third-order valence-electron chi connectivity index (χ3n) is 3.31. The SMILES string of the molecule is COc1ccc(C)cc1-c1cn2cccc(C)c2n1. The quantitative estimate of drug-likeness (QED) is 0.696. The smallest absolute Gasteiger partial charge is 0.140 e. The van der Waals surface area contributed by atoms with Crippen molar-refractivity contribution >= 4 is 5.65 Å². The summed E-state index contributed by atoms with van der Waals surface area (Å²) in [5.74, 6) is 0.853. The fourth-order valence-electron chi connectivity index (χ4n) is 2.31. The van der Waals surface area contributed by atoms with E-state index < -0.39 is 0 Å². The number of imidazole rings is 1. The van der Waals surface area contributed by atoms with E-state index >= 15 is 0 Å². The zero-order valence-corrected chi connectivity index (χ0v) is 11.3. The first-order valence-corrected chi connectivity index (χ1v) is 6.28. The van der Waals surface area contributed by atoms with Crippen molar-refractivity contribution in [3.8, 4) is 17.0 Å². The van der Waals surface area contributed by atoms with Crippen molar-refractivity contribution in [1.29, 1.82) is 0 Å². The minimum absolute atomic E-state index is 0.853. The van der Waals surface area contributed by atoms with Crippen molar-refractivity contribution in [2.24, 2.45) is 0 Å². The molecule has 3 aromatic rings. The van der Waals surface area contributed by atoms with Gasteiger partial charge in [0.25, 0.3) is 0 Å². The first-order valence-electron chi connectivity index (χ1n) is 6.28. The Morgan fingerprint density at radius 1 is 1.16 bits per heavy atom. The highest BCUT2D eigenvalue weighted by Gasteiger charge is 2.11. The summed E-state index contributed by atoms with van der Waals surface area (Å²) in [4.78, 5) is 4.72. The van der Waals surface area contributed by atoms with Gasteiger partial charge in [-0.25, -0.2) is 4.98 Å². The Kier molecular flexibility index (Phi) is 2.75. The predicted molar refractivity (Wildman–Crippen MR) is 76.7 cm³/mol. The molecule has 3 heteroatoms. The Hall–Kier alpha value is -2.29. The van der Waals surface area contributed by atoms with Crippen LogP contribution in [0, 0.1) is 13.8 Å². The number of methoxy groups -OCH3 is 1. The number of hydrogen-bond donors (Lipinski definition) is 0. The molecule has 3 nitrogen and oxygen atoms in total. The molecule has 0 atom stereocenters. The minimum atomic E-state index is 0.853. The summed E-state index contributed by atoms with van der Waals surface area (Å²) in [5, 5.41) is 0. The van der Waals surface area contributed by atoms with Crippen molar-refractivity contribution in [3.63, 3.8) is 0 Å². The van der Waals surface area contributed by atoms with Gasteiger partial charge in [-0.2, -0.15) is 0 Å². The lowest BCUT2D eigenvalue weighted by atomic mass is 10.1. The molecule has 0 bridgehead atoms. The van der Waals surface area contributed by atoms with Crippen molar-refractivity contribution in [2.75, 3.05) is 7.11 Å². The number of hydrogen-bond acceptors (Lipinski definition) is 2. The van der Waals surface area contributed by atoms with Crippen LogP contribution in [-0.2, 0) is 0 Å². The Morgan fingerprint density at radius 3 is 2.74 bits per heavy atom. The van der Waals surface area contributed by atoms with Gasteiger partial charge in [-0.1, -0.05) is 17.7 Å². The molecule has 96 valence electrons. The van der Waals surface area contributed by atoms with Crippen LogP contribution >= 0.6 is 0 Å². The second kappa shape index (κ2) is 4.43. The van der Waals surface area contributed by atoms with E-state index in [1.54, 1.807) is 7.11 Å². The zero-order chi connectivity index (χ0) is 13.4. The van der Waals surface area contributed by atoms with Gasteiger partial charge in [0, 0.05) is 18.0 Å². The van der Waals surface area contributed by atoms with Gasteiger partial charge in [0.15, 0.2) is 0 Å². The number of ether oxygens (including phenoxy) is 1. The maximum Gasteiger partial charge on any atom is 0.140 e. The average molecular weight is 252 g/mol. The van der Waals surface area contributed by atoms with Gasteiger partial charge < -0.3 is 9.14 Å². The fourth-order valence-corrected chi connectivity index (χ4v) is 2.31. The molecular formula is C16H16N2O. The van der Waals surface area contributed by atoms with Gasteiger partial charge in [-0.3, -0.25) is 0 Å². The molecule has 0 aliphatic rings. The van der Waals surface area contributed by atoms with Crippen molar-refractivity contribution in [3.05, 3.63) is 53.9 Å². The van der Waals surface area contributed by atoms with Crippen molar-refractivity contribution in [2.45, 2.75) is 13.8 Å². The summed E-state index contributed by atoms with van der Waals surface area (Å²) >= 11 is 0. The lowest BCUT2D eigenvalue weighted by molar-refractivity contribution is 0.416. The lowest BCUT2D eigenvalue weighted by Gasteiger charge is -2.06. The van der Waals surface area contributed by atoms with Gasteiger partial charge in [-0.15, -0.1) is 0 Å². The molecule has 0 unspecified atom stereocenters. The van der Waals surface area contributed by atoms with Crippen LogP contribution < -0.4 is 4.74 Å². The predicted octanol–water partition coefficient (Wildman–Crippen LogP) is 3.63. The van der Waals surface area contributed by atoms with Gasteiger partial charge >= 0.3 is 0 Å². The van der Waals surface area contributed by atoms with E-state index in [1.165, 1.54) is 11.1 Å². The normalized spacial score (nSPS) is 10.9. The maximum absolute atomic E-state index is 5.43. The molecule has 19 heavy (non-hydrogen) atoms.